The van der Waals surface area contributed by atoms with E-state index in [1.54, 1.807) is 0 Å². The number of aryl methyl sites for hydroxylation is 1. The third kappa shape index (κ3) is 5.26. The number of aliphatic hydroxyl groups excluding tert-OH is 2. The molecule has 148 valence electrons. The van der Waals surface area contributed by atoms with Gasteiger partial charge < -0.3 is 19.7 Å². The molecule has 0 amide bonds. The lowest BCUT2D eigenvalue weighted by Gasteiger charge is -2.40. The fourth-order valence-electron chi connectivity index (χ4n) is 2.95. The number of aliphatic hydroxyl groups is 2. The number of ether oxygens (including phenoxy) is 2. The van der Waals surface area contributed by atoms with Gasteiger partial charge in [0, 0.05) is 9.81 Å². The molecule has 2 aromatic carbocycles. The third-order valence-electron chi connectivity index (χ3n) is 4.52. The predicted octanol–water partition coefficient (Wildman–Crippen LogP) is 3.43. The Morgan fingerprint density at radius 3 is 2.50 bits per heavy atom. The van der Waals surface area contributed by atoms with E-state index in [1.165, 1.54) is 11.8 Å². The number of hydrogen-bond acceptors (Lipinski definition) is 6. The van der Waals surface area contributed by atoms with Crippen LogP contribution < -0.4 is 0 Å². The number of thioether (sulfide) groups is 1. The molecule has 8 heteroatoms. The Bertz CT molecular complexity index is 799. The lowest BCUT2D eigenvalue weighted by molar-refractivity contribution is -0.173. The summed E-state index contributed by atoms with van der Waals surface area (Å²) in [6, 6.07) is 16.6. The number of azide groups is 1. The zero-order valence-corrected chi connectivity index (χ0v) is 16.3. The smallest absolute Gasteiger partial charge is 0.119 e. The van der Waals surface area contributed by atoms with Crippen molar-refractivity contribution in [3.63, 3.8) is 0 Å². The quantitative estimate of drug-likeness (QED) is 0.420. The van der Waals surface area contributed by atoms with Crippen LogP contribution in [0.25, 0.3) is 10.4 Å². The molecule has 1 heterocycles. The summed E-state index contributed by atoms with van der Waals surface area (Å²) in [5.74, 6) is 0. The summed E-state index contributed by atoms with van der Waals surface area (Å²) in [6.45, 7) is 2.48. The normalized spacial score (nSPS) is 27.2. The zero-order chi connectivity index (χ0) is 19.9. The molecular weight excluding hydrogens is 378 g/mol. The Balaban J connectivity index is 1.67. The average Bonchev–Trinajstić information content (AvgIpc) is 2.71. The van der Waals surface area contributed by atoms with Crippen molar-refractivity contribution in [1.29, 1.82) is 0 Å². The minimum atomic E-state index is -1.24. The molecule has 7 nitrogen and oxygen atoms in total. The Labute approximate surface area is 167 Å². The van der Waals surface area contributed by atoms with Gasteiger partial charge in [0.1, 0.15) is 23.7 Å². The van der Waals surface area contributed by atoms with Crippen LogP contribution in [0.5, 0.6) is 0 Å². The van der Waals surface area contributed by atoms with Gasteiger partial charge in [-0.25, -0.2) is 0 Å². The summed E-state index contributed by atoms with van der Waals surface area (Å²) in [5.41, 5.74) is 10.3. The molecular formula is C20H23N3O4S. The molecule has 3 rings (SSSR count). The average molecular weight is 401 g/mol. The van der Waals surface area contributed by atoms with E-state index >= 15 is 0 Å². The largest absolute Gasteiger partial charge is 0.390 e. The Hall–Kier alpha value is -2.06. The van der Waals surface area contributed by atoms with Crippen molar-refractivity contribution < 1.29 is 19.7 Å². The van der Waals surface area contributed by atoms with Gasteiger partial charge in [0.15, 0.2) is 0 Å². The van der Waals surface area contributed by atoms with Gasteiger partial charge in [0.25, 0.3) is 0 Å². The second-order valence-electron chi connectivity index (χ2n) is 6.65. The van der Waals surface area contributed by atoms with Gasteiger partial charge in [-0.15, -0.1) is 0 Å². The first-order valence-corrected chi connectivity index (χ1v) is 9.87. The van der Waals surface area contributed by atoms with Crippen LogP contribution in [0.1, 0.15) is 11.1 Å². The maximum atomic E-state index is 10.5. The first kappa shape index (κ1) is 20.7. The summed E-state index contributed by atoms with van der Waals surface area (Å²) >= 11 is 1.35. The second kappa shape index (κ2) is 9.93. The Kier molecular flexibility index (Phi) is 7.33. The molecule has 0 spiro atoms. The van der Waals surface area contributed by atoms with Gasteiger partial charge in [-0.2, -0.15) is 0 Å². The first-order valence-electron chi connectivity index (χ1n) is 8.99. The standard InChI is InChI=1S/C20H23N3O4S/c1-13-7-9-15(10-8-13)28-20-17(22-23-21)19(25)18(24)16(27-20)12-26-11-14-5-3-2-4-6-14/h2-10,16-20,24-25H,11-12H2,1H3/t16-,17+,18-,19+,20+/m1/s1. The van der Waals surface area contributed by atoms with Crippen molar-refractivity contribution in [2.75, 3.05) is 6.61 Å². The van der Waals surface area contributed by atoms with E-state index in [0.29, 0.717) is 6.61 Å². The fraction of sp³-hybridized carbons (Fsp3) is 0.400. The van der Waals surface area contributed by atoms with Crippen LogP contribution in [0, 0.1) is 6.92 Å². The first-order chi connectivity index (χ1) is 13.6. The number of hydrogen-bond donors (Lipinski definition) is 2. The van der Waals surface area contributed by atoms with E-state index < -0.39 is 29.8 Å². The highest BCUT2D eigenvalue weighted by Gasteiger charge is 2.44. The van der Waals surface area contributed by atoms with Gasteiger partial charge in [-0.1, -0.05) is 64.9 Å². The van der Waals surface area contributed by atoms with Gasteiger partial charge >= 0.3 is 0 Å². The highest BCUT2D eigenvalue weighted by molar-refractivity contribution is 7.99. The van der Waals surface area contributed by atoms with Crippen LogP contribution in [-0.2, 0) is 16.1 Å². The highest BCUT2D eigenvalue weighted by atomic mass is 32.2. The summed E-state index contributed by atoms with van der Waals surface area (Å²) in [5, 5.41) is 24.5. The summed E-state index contributed by atoms with van der Waals surface area (Å²) in [4.78, 5) is 3.72. The van der Waals surface area contributed by atoms with E-state index in [-0.39, 0.29) is 6.61 Å². The van der Waals surface area contributed by atoms with Crippen LogP contribution in [-0.4, -0.2) is 46.6 Å². The van der Waals surface area contributed by atoms with E-state index in [4.69, 9.17) is 15.0 Å². The van der Waals surface area contributed by atoms with Crippen LogP contribution in [0.15, 0.2) is 64.6 Å². The van der Waals surface area contributed by atoms with Crippen molar-refractivity contribution in [1.82, 2.24) is 0 Å². The Morgan fingerprint density at radius 1 is 1.11 bits per heavy atom. The van der Waals surface area contributed by atoms with Crippen molar-refractivity contribution >= 4 is 11.8 Å². The summed E-state index contributed by atoms with van der Waals surface area (Å²) in [7, 11) is 0. The van der Waals surface area contributed by atoms with Crippen molar-refractivity contribution in [2.24, 2.45) is 5.11 Å². The van der Waals surface area contributed by atoms with Gasteiger partial charge in [-0.3, -0.25) is 0 Å². The Morgan fingerprint density at radius 2 is 1.82 bits per heavy atom. The maximum Gasteiger partial charge on any atom is 0.119 e. The molecule has 1 saturated heterocycles. The molecule has 0 radical (unpaired) electrons. The van der Waals surface area contributed by atoms with Gasteiger partial charge in [0.2, 0.25) is 0 Å². The summed E-state index contributed by atoms with van der Waals surface area (Å²) < 4.78 is 11.6. The van der Waals surface area contributed by atoms with Gasteiger partial charge in [-0.05, 0) is 30.2 Å². The van der Waals surface area contributed by atoms with Crippen LogP contribution in [0.2, 0.25) is 0 Å². The molecule has 1 aliphatic rings. The SMILES string of the molecule is Cc1ccc(S[C@@H]2O[C@H](COCc3ccccc3)[C@@H](O)[C@@H](O)[C@@H]2N=[N+]=[N-])cc1. The maximum absolute atomic E-state index is 10.5. The predicted molar refractivity (Wildman–Crippen MR) is 107 cm³/mol. The highest BCUT2D eigenvalue weighted by Crippen LogP contribution is 2.35. The molecule has 0 aliphatic carbocycles. The molecule has 0 unspecified atom stereocenters. The monoisotopic (exact) mass is 401 g/mol. The molecule has 1 aliphatic heterocycles. The van der Waals surface area contributed by atoms with E-state index in [9.17, 15) is 10.2 Å². The molecule has 28 heavy (non-hydrogen) atoms. The molecule has 0 bridgehead atoms. The minimum Gasteiger partial charge on any atom is -0.390 e. The van der Waals surface area contributed by atoms with E-state index in [0.717, 1.165) is 16.0 Å². The second-order valence-corrected chi connectivity index (χ2v) is 7.82. The topological polar surface area (TPSA) is 108 Å². The lowest BCUT2D eigenvalue weighted by Crippen LogP contribution is -2.56. The van der Waals surface area contributed by atoms with Crippen molar-refractivity contribution in [2.45, 2.75) is 48.2 Å². The molecule has 0 aromatic heterocycles. The van der Waals surface area contributed by atoms with E-state index in [2.05, 4.69) is 10.0 Å². The molecule has 1 fully saturated rings. The number of rotatable bonds is 7. The summed E-state index contributed by atoms with van der Waals surface area (Å²) in [6.07, 6.45) is -3.18. The van der Waals surface area contributed by atoms with Crippen molar-refractivity contribution in [3.05, 3.63) is 76.2 Å². The van der Waals surface area contributed by atoms with Crippen LogP contribution >= 0.6 is 11.8 Å². The lowest BCUT2D eigenvalue weighted by atomic mass is 9.99. The number of benzene rings is 2. The molecule has 2 aromatic rings. The van der Waals surface area contributed by atoms with Crippen molar-refractivity contribution in [3.8, 4) is 0 Å². The minimum absolute atomic E-state index is 0.112. The number of nitrogens with zero attached hydrogens (tertiary/aromatic N) is 3. The molecule has 0 saturated carbocycles. The van der Waals surface area contributed by atoms with E-state index in [1.807, 2.05) is 61.5 Å². The zero-order valence-electron chi connectivity index (χ0n) is 15.5. The van der Waals surface area contributed by atoms with Crippen LogP contribution in [0.3, 0.4) is 0 Å². The molecule has 2 N–H and O–H groups in total. The van der Waals surface area contributed by atoms with Gasteiger partial charge in [0.05, 0.1) is 19.3 Å². The molecule has 5 atom stereocenters. The fourth-order valence-corrected chi connectivity index (χ4v) is 4.07. The third-order valence-corrected chi connectivity index (χ3v) is 5.69. The van der Waals surface area contributed by atoms with Crippen LogP contribution in [0.4, 0.5) is 0 Å².